The van der Waals surface area contributed by atoms with Crippen molar-refractivity contribution in [2.45, 2.75) is 13.5 Å². The Labute approximate surface area is 116 Å². The van der Waals surface area contributed by atoms with Crippen molar-refractivity contribution in [3.63, 3.8) is 0 Å². The van der Waals surface area contributed by atoms with Crippen LogP contribution in [0.4, 0.5) is 10.1 Å². The monoisotopic (exact) mass is 274 g/mol. The summed E-state index contributed by atoms with van der Waals surface area (Å²) in [5, 5.41) is 12.4. The van der Waals surface area contributed by atoms with Crippen molar-refractivity contribution in [2.75, 3.05) is 5.32 Å². The Bertz CT molecular complexity index is 627. The number of nitrogens with zero attached hydrogens (tertiary/aromatic N) is 1. The third-order valence-corrected chi connectivity index (χ3v) is 3.17. The average molecular weight is 275 g/mol. The van der Waals surface area contributed by atoms with Gasteiger partial charge in [0.1, 0.15) is 5.82 Å². The Morgan fingerprint density at radius 2 is 2.11 bits per heavy atom. The van der Waals surface area contributed by atoms with Crippen molar-refractivity contribution >= 4 is 17.3 Å². The zero-order valence-electron chi connectivity index (χ0n) is 10.4. The second-order valence-corrected chi connectivity index (χ2v) is 4.61. The van der Waals surface area contributed by atoms with Crippen molar-refractivity contribution in [1.29, 1.82) is 5.26 Å². The summed E-state index contributed by atoms with van der Waals surface area (Å²) in [6, 6.07) is 11.9. The van der Waals surface area contributed by atoms with Crippen LogP contribution in [0.25, 0.3) is 0 Å². The van der Waals surface area contributed by atoms with Crippen LogP contribution >= 0.6 is 11.6 Å². The fraction of sp³-hybridized carbons (Fsp3) is 0.133. The van der Waals surface area contributed by atoms with Crippen molar-refractivity contribution in [2.24, 2.45) is 0 Å². The van der Waals surface area contributed by atoms with Gasteiger partial charge in [0.15, 0.2) is 0 Å². The number of hydrogen-bond donors (Lipinski definition) is 1. The Hall–Kier alpha value is -2.05. The summed E-state index contributed by atoms with van der Waals surface area (Å²) in [6.45, 7) is 2.26. The molecule has 2 aromatic carbocycles. The van der Waals surface area contributed by atoms with Crippen LogP contribution in [0.15, 0.2) is 36.4 Å². The molecule has 0 heterocycles. The molecule has 0 fully saturated rings. The van der Waals surface area contributed by atoms with Crippen molar-refractivity contribution in [3.05, 3.63) is 63.9 Å². The van der Waals surface area contributed by atoms with E-state index in [1.165, 1.54) is 6.07 Å². The van der Waals surface area contributed by atoms with Gasteiger partial charge in [-0.3, -0.25) is 0 Å². The van der Waals surface area contributed by atoms with E-state index < -0.39 is 5.82 Å². The highest BCUT2D eigenvalue weighted by Gasteiger charge is 2.06. The molecule has 0 aliphatic carbocycles. The molecule has 0 bridgehead atoms. The van der Waals surface area contributed by atoms with Crippen LogP contribution in [0, 0.1) is 24.1 Å². The molecular formula is C15H12ClFN2. The van der Waals surface area contributed by atoms with E-state index in [1.807, 2.05) is 25.1 Å². The van der Waals surface area contributed by atoms with Crippen LogP contribution in [-0.4, -0.2) is 0 Å². The Morgan fingerprint density at radius 1 is 1.32 bits per heavy atom. The quantitative estimate of drug-likeness (QED) is 0.907. The summed E-state index contributed by atoms with van der Waals surface area (Å²) in [4.78, 5) is 0. The summed E-state index contributed by atoms with van der Waals surface area (Å²) >= 11 is 6.08. The van der Waals surface area contributed by atoms with Gasteiger partial charge in [-0.25, -0.2) is 4.39 Å². The second kappa shape index (κ2) is 5.73. The largest absolute Gasteiger partial charge is 0.379 e. The predicted molar refractivity (Wildman–Crippen MR) is 74.6 cm³/mol. The molecule has 0 saturated heterocycles. The number of para-hydroxylation sites is 1. The first-order chi connectivity index (χ1) is 9.11. The molecule has 0 aliphatic heterocycles. The lowest BCUT2D eigenvalue weighted by molar-refractivity contribution is 0.612. The van der Waals surface area contributed by atoms with Crippen LogP contribution in [0.2, 0.25) is 5.02 Å². The third-order valence-electron chi connectivity index (χ3n) is 2.86. The van der Waals surface area contributed by atoms with Gasteiger partial charge in [0.25, 0.3) is 0 Å². The topological polar surface area (TPSA) is 35.8 Å². The number of nitriles is 1. The predicted octanol–water partition coefficient (Wildman–Crippen LogP) is 4.27. The van der Waals surface area contributed by atoms with Gasteiger partial charge in [0.05, 0.1) is 22.3 Å². The van der Waals surface area contributed by atoms with Gasteiger partial charge in [0.2, 0.25) is 0 Å². The lowest BCUT2D eigenvalue weighted by Crippen LogP contribution is -2.04. The molecule has 0 amide bonds. The summed E-state index contributed by atoms with van der Waals surface area (Å²) in [6.07, 6.45) is 0. The maximum absolute atomic E-state index is 13.7. The molecule has 0 atom stereocenters. The molecule has 0 unspecified atom stereocenters. The molecule has 2 nitrogen and oxygen atoms in total. The molecular weight excluding hydrogens is 263 g/mol. The maximum Gasteiger partial charge on any atom is 0.129 e. The summed E-state index contributed by atoms with van der Waals surface area (Å²) < 4.78 is 13.7. The number of hydrogen-bond acceptors (Lipinski definition) is 2. The molecule has 19 heavy (non-hydrogen) atoms. The van der Waals surface area contributed by atoms with Crippen molar-refractivity contribution < 1.29 is 4.39 Å². The molecule has 1 N–H and O–H groups in total. The van der Waals surface area contributed by atoms with Gasteiger partial charge < -0.3 is 5.32 Å². The highest BCUT2D eigenvalue weighted by atomic mass is 35.5. The normalized spacial score (nSPS) is 10.0. The lowest BCUT2D eigenvalue weighted by Gasteiger charge is -2.12. The highest BCUT2D eigenvalue weighted by molar-refractivity contribution is 6.33. The molecule has 96 valence electrons. The Kier molecular flexibility index (Phi) is 4.03. The minimum atomic E-state index is -0.392. The molecule has 0 aromatic heterocycles. The number of anilines is 1. The summed E-state index contributed by atoms with van der Waals surface area (Å²) in [5.41, 5.74) is 2.61. The number of halogens is 2. The van der Waals surface area contributed by atoms with Gasteiger partial charge in [-0.05, 0) is 30.7 Å². The molecule has 2 aromatic rings. The molecule has 2 rings (SSSR count). The average Bonchev–Trinajstić information content (AvgIpc) is 2.39. The van der Waals surface area contributed by atoms with Crippen LogP contribution in [0.5, 0.6) is 0 Å². The summed E-state index contributed by atoms with van der Waals surface area (Å²) in [5.74, 6) is -0.392. The van der Waals surface area contributed by atoms with Crippen LogP contribution < -0.4 is 5.32 Å². The van der Waals surface area contributed by atoms with Gasteiger partial charge in [-0.1, -0.05) is 29.8 Å². The van der Waals surface area contributed by atoms with E-state index in [9.17, 15) is 4.39 Å². The molecule has 4 heteroatoms. The van der Waals surface area contributed by atoms with Gasteiger partial charge >= 0.3 is 0 Å². The SMILES string of the molecule is Cc1cccc(Cl)c1NCc1ccc(C#N)cc1F. The van der Waals surface area contributed by atoms with Gasteiger partial charge in [-0.2, -0.15) is 5.26 Å². The molecule has 0 aliphatic rings. The highest BCUT2D eigenvalue weighted by Crippen LogP contribution is 2.26. The second-order valence-electron chi connectivity index (χ2n) is 4.20. The zero-order chi connectivity index (χ0) is 13.8. The molecule has 0 radical (unpaired) electrons. The molecule has 0 saturated carbocycles. The van der Waals surface area contributed by atoms with E-state index in [1.54, 1.807) is 18.2 Å². The fourth-order valence-corrected chi connectivity index (χ4v) is 2.09. The Morgan fingerprint density at radius 3 is 2.74 bits per heavy atom. The van der Waals surface area contributed by atoms with Crippen LogP contribution in [0.3, 0.4) is 0 Å². The number of nitrogens with one attached hydrogen (secondary N) is 1. The maximum atomic E-state index is 13.7. The van der Waals surface area contributed by atoms with E-state index in [4.69, 9.17) is 16.9 Å². The van der Waals surface area contributed by atoms with E-state index in [2.05, 4.69) is 5.32 Å². The van der Waals surface area contributed by atoms with E-state index in [0.29, 0.717) is 22.7 Å². The first kappa shape index (κ1) is 13.4. The number of benzene rings is 2. The van der Waals surface area contributed by atoms with Crippen LogP contribution in [0.1, 0.15) is 16.7 Å². The number of aryl methyl sites for hydroxylation is 1. The zero-order valence-corrected chi connectivity index (χ0v) is 11.1. The minimum Gasteiger partial charge on any atom is -0.379 e. The molecule has 0 spiro atoms. The summed E-state index contributed by atoms with van der Waals surface area (Å²) in [7, 11) is 0. The fourth-order valence-electron chi connectivity index (χ4n) is 1.80. The Balaban J connectivity index is 2.17. The first-order valence-corrected chi connectivity index (χ1v) is 6.17. The minimum absolute atomic E-state index is 0.315. The first-order valence-electron chi connectivity index (χ1n) is 5.79. The van der Waals surface area contributed by atoms with Crippen molar-refractivity contribution in [3.8, 4) is 6.07 Å². The van der Waals surface area contributed by atoms with Gasteiger partial charge in [0, 0.05) is 12.1 Å². The van der Waals surface area contributed by atoms with Gasteiger partial charge in [-0.15, -0.1) is 0 Å². The lowest BCUT2D eigenvalue weighted by atomic mass is 10.1. The van der Waals surface area contributed by atoms with E-state index in [-0.39, 0.29) is 0 Å². The van der Waals surface area contributed by atoms with Crippen molar-refractivity contribution in [1.82, 2.24) is 0 Å². The van der Waals surface area contributed by atoms with E-state index >= 15 is 0 Å². The smallest absolute Gasteiger partial charge is 0.129 e. The standard InChI is InChI=1S/C15H12ClFN2/c1-10-3-2-4-13(16)15(10)19-9-12-6-5-11(8-18)7-14(12)17/h2-7,19H,9H2,1H3. The van der Waals surface area contributed by atoms with E-state index in [0.717, 1.165) is 11.3 Å². The third kappa shape index (κ3) is 3.04. The van der Waals surface area contributed by atoms with Crippen LogP contribution in [-0.2, 0) is 6.54 Å². The number of rotatable bonds is 3.